The van der Waals surface area contributed by atoms with Crippen LogP contribution in [-0.4, -0.2) is 76.1 Å². The summed E-state index contributed by atoms with van der Waals surface area (Å²) in [7, 11) is 2.83. The molecule has 1 saturated heterocycles. The summed E-state index contributed by atoms with van der Waals surface area (Å²) in [5, 5.41) is 0.200. The van der Waals surface area contributed by atoms with Crippen molar-refractivity contribution in [1.82, 2.24) is 14.1 Å². The maximum absolute atomic E-state index is 12.8. The molecule has 0 radical (unpaired) electrons. The Kier molecular flexibility index (Phi) is 7.97. The predicted molar refractivity (Wildman–Crippen MR) is 119 cm³/mol. The lowest BCUT2D eigenvalue weighted by atomic mass is 9.97. The van der Waals surface area contributed by atoms with Gasteiger partial charge in [-0.1, -0.05) is 0 Å². The summed E-state index contributed by atoms with van der Waals surface area (Å²) in [6.07, 6.45) is -4.93. The number of ether oxygens (including phenoxy) is 6. The Morgan fingerprint density at radius 1 is 0.944 bits per heavy atom. The van der Waals surface area contributed by atoms with E-state index >= 15 is 0 Å². The van der Waals surface area contributed by atoms with E-state index < -0.39 is 60.1 Å². The fourth-order valence-corrected chi connectivity index (χ4v) is 3.97. The number of carbonyl (C=O) groups excluding carboxylic acids is 4. The van der Waals surface area contributed by atoms with E-state index in [2.05, 4.69) is 4.98 Å². The molecule has 2 aromatic rings. The quantitative estimate of drug-likeness (QED) is 0.363. The van der Waals surface area contributed by atoms with Crippen LogP contribution in [0.5, 0.6) is 6.01 Å². The van der Waals surface area contributed by atoms with Gasteiger partial charge in [-0.2, -0.15) is 4.98 Å². The highest BCUT2D eigenvalue weighted by atomic mass is 16.7. The van der Waals surface area contributed by atoms with E-state index in [4.69, 9.17) is 28.4 Å². The first-order valence-electron chi connectivity index (χ1n) is 10.9. The Hall–Kier alpha value is -3.94. The van der Waals surface area contributed by atoms with Gasteiger partial charge >= 0.3 is 29.9 Å². The van der Waals surface area contributed by atoms with Gasteiger partial charge < -0.3 is 33.0 Å². The summed E-state index contributed by atoms with van der Waals surface area (Å²) < 4.78 is 35.3. The molecule has 0 amide bonds. The van der Waals surface area contributed by atoms with Crippen LogP contribution in [0.3, 0.4) is 0 Å². The second kappa shape index (κ2) is 10.8. The number of methoxy groups -OCH3 is 1. The van der Waals surface area contributed by atoms with Gasteiger partial charge in [0.25, 0.3) is 5.56 Å². The zero-order valence-corrected chi connectivity index (χ0v) is 20.6. The molecule has 36 heavy (non-hydrogen) atoms. The lowest BCUT2D eigenvalue weighted by Crippen LogP contribution is -2.60. The van der Waals surface area contributed by atoms with Gasteiger partial charge in [-0.15, -0.1) is 0 Å². The molecule has 1 aliphatic rings. The highest BCUT2D eigenvalue weighted by molar-refractivity contribution is 5.76. The van der Waals surface area contributed by atoms with Gasteiger partial charge in [-0.05, 0) is 6.07 Å². The normalized spacial score (nSPS) is 23.6. The van der Waals surface area contributed by atoms with Crippen molar-refractivity contribution in [3.63, 3.8) is 0 Å². The van der Waals surface area contributed by atoms with Crippen molar-refractivity contribution >= 4 is 34.9 Å². The lowest BCUT2D eigenvalue weighted by Gasteiger charge is -2.44. The van der Waals surface area contributed by atoms with Crippen LogP contribution in [-0.2, 0) is 49.9 Å². The average Bonchev–Trinajstić information content (AvgIpc) is 3.20. The summed E-state index contributed by atoms with van der Waals surface area (Å²) in [5.74, 6) is -2.88. The predicted octanol–water partition coefficient (Wildman–Crippen LogP) is -0.000800. The van der Waals surface area contributed by atoms with Gasteiger partial charge in [0, 0.05) is 40.9 Å². The summed E-state index contributed by atoms with van der Waals surface area (Å²) >= 11 is 0. The highest BCUT2D eigenvalue weighted by Crippen LogP contribution is 2.36. The SMILES string of the molecule is COc1nc2c(ccn2[C@@H]2O[C@@H](COC(C)=O)[C@H](OC(C)=O)[C@H](OC(C)=O)[C@@H]2OC(C)=O)c(=O)n1C. The molecule has 3 heterocycles. The molecule has 14 heteroatoms. The molecule has 0 aromatic carbocycles. The van der Waals surface area contributed by atoms with Crippen LogP contribution < -0.4 is 10.3 Å². The number of fused-ring (bicyclic) bond motifs is 1. The summed E-state index contributed by atoms with van der Waals surface area (Å²) in [4.78, 5) is 64.6. The third-order valence-electron chi connectivity index (χ3n) is 5.33. The minimum atomic E-state index is -1.36. The smallest absolute Gasteiger partial charge is 0.303 e. The summed E-state index contributed by atoms with van der Waals surface area (Å²) in [5.41, 5.74) is -0.294. The van der Waals surface area contributed by atoms with Crippen LogP contribution in [0, 0.1) is 0 Å². The molecule has 1 fully saturated rings. The molecule has 5 atom stereocenters. The van der Waals surface area contributed by atoms with Gasteiger partial charge in [-0.25, -0.2) is 0 Å². The Bertz CT molecular complexity index is 1230. The van der Waals surface area contributed by atoms with E-state index in [0.717, 1.165) is 20.8 Å². The molecular formula is C22H27N3O11. The van der Waals surface area contributed by atoms with Gasteiger partial charge in [0.2, 0.25) is 0 Å². The van der Waals surface area contributed by atoms with Crippen molar-refractivity contribution in [2.45, 2.75) is 58.3 Å². The first-order valence-corrected chi connectivity index (χ1v) is 10.9. The monoisotopic (exact) mass is 509 g/mol. The summed E-state index contributed by atoms with van der Waals surface area (Å²) in [6.45, 7) is 4.19. The maximum atomic E-state index is 12.8. The van der Waals surface area contributed by atoms with Crippen molar-refractivity contribution in [2.24, 2.45) is 7.05 Å². The van der Waals surface area contributed by atoms with Crippen LogP contribution >= 0.6 is 0 Å². The van der Waals surface area contributed by atoms with Crippen LogP contribution in [0.2, 0.25) is 0 Å². The van der Waals surface area contributed by atoms with Crippen molar-refractivity contribution in [3.05, 3.63) is 22.6 Å². The number of nitrogens with zero attached hydrogens (tertiary/aromatic N) is 3. The van der Waals surface area contributed by atoms with Crippen molar-refractivity contribution < 1.29 is 47.6 Å². The topological polar surface area (TPSA) is 163 Å². The lowest BCUT2D eigenvalue weighted by molar-refractivity contribution is -0.267. The Labute approximate surface area is 205 Å². The molecule has 0 saturated carbocycles. The fraction of sp³-hybridized carbons (Fsp3) is 0.545. The standard InChI is InChI=1S/C22H27N3O11/c1-10(26)32-9-15-16(33-11(2)27)17(34-12(3)28)18(35-13(4)29)21(36-15)25-8-7-14-19(25)23-22(31-6)24(5)20(14)30/h7-8,15-18,21H,9H2,1-6H3/t15-,16-,17-,18-,21+/m0/s1. The second-order valence-electron chi connectivity index (χ2n) is 8.01. The number of rotatable bonds is 7. The zero-order valence-electron chi connectivity index (χ0n) is 20.6. The molecule has 14 nitrogen and oxygen atoms in total. The fourth-order valence-electron chi connectivity index (χ4n) is 3.97. The van der Waals surface area contributed by atoms with E-state index in [-0.39, 0.29) is 23.7 Å². The summed E-state index contributed by atoms with van der Waals surface area (Å²) in [6, 6.07) is 1.48. The largest absolute Gasteiger partial charge is 0.468 e. The zero-order chi connectivity index (χ0) is 26.7. The molecule has 0 N–H and O–H groups in total. The first kappa shape index (κ1) is 26.7. The molecule has 0 unspecified atom stereocenters. The number of aromatic nitrogens is 3. The van der Waals surface area contributed by atoms with E-state index in [1.54, 1.807) is 0 Å². The first-order chi connectivity index (χ1) is 16.9. The third kappa shape index (κ3) is 5.48. The molecular weight excluding hydrogens is 482 g/mol. The van der Waals surface area contributed by atoms with E-state index in [1.807, 2.05) is 0 Å². The number of carbonyl (C=O) groups is 4. The minimum absolute atomic E-state index is 0.00177. The number of hydrogen-bond acceptors (Lipinski definition) is 12. The Morgan fingerprint density at radius 3 is 2.08 bits per heavy atom. The highest BCUT2D eigenvalue weighted by Gasteiger charge is 2.53. The van der Waals surface area contributed by atoms with Gasteiger partial charge in [0.15, 0.2) is 30.2 Å². The molecule has 3 rings (SSSR count). The Balaban J connectivity index is 2.20. The van der Waals surface area contributed by atoms with Crippen LogP contribution in [0.1, 0.15) is 33.9 Å². The van der Waals surface area contributed by atoms with Gasteiger partial charge in [0.1, 0.15) is 12.7 Å². The third-order valence-corrected chi connectivity index (χ3v) is 5.33. The van der Waals surface area contributed by atoms with Crippen molar-refractivity contribution in [3.8, 4) is 6.01 Å². The molecule has 0 spiro atoms. The molecule has 0 aliphatic carbocycles. The molecule has 2 aromatic heterocycles. The number of hydrogen-bond donors (Lipinski definition) is 0. The molecule has 1 aliphatic heterocycles. The minimum Gasteiger partial charge on any atom is -0.468 e. The van der Waals surface area contributed by atoms with Gasteiger partial charge in [-0.3, -0.25) is 28.5 Å². The van der Waals surface area contributed by atoms with E-state index in [9.17, 15) is 24.0 Å². The second-order valence-corrected chi connectivity index (χ2v) is 8.01. The van der Waals surface area contributed by atoms with E-state index in [0.29, 0.717) is 0 Å². The molecule has 196 valence electrons. The van der Waals surface area contributed by atoms with Crippen molar-refractivity contribution in [2.75, 3.05) is 13.7 Å². The van der Waals surface area contributed by atoms with Crippen LogP contribution in [0.25, 0.3) is 11.0 Å². The van der Waals surface area contributed by atoms with Gasteiger partial charge in [0.05, 0.1) is 12.5 Å². The van der Waals surface area contributed by atoms with Crippen LogP contribution in [0.15, 0.2) is 17.1 Å². The van der Waals surface area contributed by atoms with E-state index in [1.165, 1.54) is 42.5 Å². The average molecular weight is 509 g/mol. The maximum Gasteiger partial charge on any atom is 0.303 e. The molecule has 0 bridgehead atoms. The van der Waals surface area contributed by atoms with Crippen molar-refractivity contribution in [1.29, 1.82) is 0 Å². The Morgan fingerprint density at radius 2 is 1.53 bits per heavy atom. The number of esters is 4. The van der Waals surface area contributed by atoms with Crippen LogP contribution in [0.4, 0.5) is 0 Å².